The molecule has 19 heavy (non-hydrogen) atoms. The molecule has 1 aliphatic rings. The van der Waals surface area contributed by atoms with E-state index in [1.165, 1.54) is 38.8 Å². The fourth-order valence-electron chi connectivity index (χ4n) is 2.91. The topological polar surface area (TPSA) is 29.3 Å². The maximum absolute atomic E-state index is 5.92. The van der Waals surface area contributed by atoms with Gasteiger partial charge in [0.1, 0.15) is 5.52 Å². The van der Waals surface area contributed by atoms with Gasteiger partial charge in [-0.25, -0.2) is 4.98 Å². The quantitative estimate of drug-likeness (QED) is 0.835. The third kappa shape index (κ3) is 2.81. The van der Waals surface area contributed by atoms with E-state index in [-0.39, 0.29) is 0 Å². The number of nitrogens with zero attached hydrogens (tertiary/aromatic N) is 2. The van der Waals surface area contributed by atoms with E-state index >= 15 is 0 Å². The third-order valence-corrected chi connectivity index (χ3v) is 3.99. The van der Waals surface area contributed by atoms with Crippen molar-refractivity contribution in [2.24, 2.45) is 0 Å². The molecular weight excluding hydrogens is 236 g/mol. The average Bonchev–Trinajstić information content (AvgIpc) is 2.89. The predicted octanol–water partition coefficient (Wildman–Crippen LogP) is 3.81. The van der Waals surface area contributed by atoms with Crippen LogP contribution in [0, 0.1) is 0 Å². The third-order valence-electron chi connectivity index (χ3n) is 3.99. The van der Waals surface area contributed by atoms with E-state index in [1.54, 1.807) is 0 Å². The highest BCUT2D eigenvalue weighted by atomic mass is 16.3. The lowest BCUT2D eigenvalue weighted by Gasteiger charge is -2.31. The van der Waals surface area contributed by atoms with Crippen LogP contribution >= 0.6 is 0 Å². The summed E-state index contributed by atoms with van der Waals surface area (Å²) >= 11 is 0. The highest BCUT2D eigenvalue weighted by molar-refractivity contribution is 5.72. The molecule has 102 valence electrons. The monoisotopic (exact) mass is 258 g/mol. The standard InChI is InChI=1S/C16H22N2O/c1-2-3-10-18-11-6-7-13(12-18)16-17-14-8-4-5-9-15(14)19-16/h4-5,8-9,13H,2-3,6-7,10-12H2,1H3. The molecule has 1 aromatic heterocycles. The Morgan fingerprint density at radius 2 is 2.26 bits per heavy atom. The van der Waals surface area contributed by atoms with Gasteiger partial charge in [-0.15, -0.1) is 0 Å². The van der Waals surface area contributed by atoms with Crippen LogP contribution in [-0.2, 0) is 0 Å². The van der Waals surface area contributed by atoms with Gasteiger partial charge >= 0.3 is 0 Å². The van der Waals surface area contributed by atoms with E-state index in [0.29, 0.717) is 5.92 Å². The van der Waals surface area contributed by atoms with E-state index < -0.39 is 0 Å². The number of para-hydroxylation sites is 2. The zero-order valence-corrected chi connectivity index (χ0v) is 11.6. The second kappa shape index (κ2) is 5.74. The fraction of sp³-hybridized carbons (Fsp3) is 0.562. The summed E-state index contributed by atoms with van der Waals surface area (Å²) in [4.78, 5) is 7.22. The summed E-state index contributed by atoms with van der Waals surface area (Å²) in [5, 5.41) is 0. The summed E-state index contributed by atoms with van der Waals surface area (Å²) in [5.74, 6) is 1.40. The predicted molar refractivity (Wildman–Crippen MR) is 77.3 cm³/mol. The van der Waals surface area contributed by atoms with E-state index in [4.69, 9.17) is 4.42 Å². The van der Waals surface area contributed by atoms with Crippen LogP contribution in [0.25, 0.3) is 11.1 Å². The molecule has 1 aromatic carbocycles. The van der Waals surface area contributed by atoms with Crippen LogP contribution in [0.1, 0.15) is 44.4 Å². The Labute approximate surface area is 114 Å². The van der Waals surface area contributed by atoms with Gasteiger partial charge in [0.25, 0.3) is 0 Å². The van der Waals surface area contributed by atoms with Gasteiger partial charge in [-0.3, -0.25) is 0 Å². The molecule has 3 rings (SSSR count). The zero-order chi connectivity index (χ0) is 13.1. The maximum Gasteiger partial charge on any atom is 0.199 e. The Morgan fingerprint density at radius 1 is 1.37 bits per heavy atom. The molecule has 1 fully saturated rings. The molecule has 3 nitrogen and oxygen atoms in total. The number of oxazole rings is 1. The van der Waals surface area contributed by atoms with Crippen LogP contribution in [0.2, 0.25) is 0 Å². The van der Waals surface area contributed by atoms with Crippen LogP contribution < -0.4 is 0 Å². The second-order valence-corrected chi connectivity index (χ2v) is 5.51. The first-order chi connectivity index (χ1) is 9.36. The first-order valence-electron chi connectivity index (χ1n) is 7.44. The number of benzene rings is 1. The molecule has 2 heterocycles. The van der Waals surface area contributed by atoms with Gasteiger partial charge in [-0.05, 0) is 44.5 Å². The molecule has 3 heteroatoms. The Morgan fingerprint density at radius 3 is 3.11 bits per heavy atom. The van der Waals surface area contributed by atoms with Crippen LogP contribution in [0.5, 0.6) is 0 Å². The van der Waals surface area contributed by atoms with E-state index in [2.05, 4.69) is 16.8 Å². The molecule has 0 N–H and O–H groups in total. The van der Waals surface area contributed by atoms with Gasteiger partial charge in [0.05, 0.1) is 0 Å². The summed E-state index contributed by atoms with van der Waals surface area (Å²) < 4.78 is 5.92. The van der Waals surface area contributed by atoms with Crippen LogP contribution in [0.3, 0.4) is 0 Å². The summed E-state index contributed by atoms with van der Waals surface area (Å²) in [6.07, 6.45) is 5.02. The highest BCUT2D eigenvalue weighted by Gasteiger charge is 2.24. The lowest BCUT2D eigenvalue weighted by molar-refractivity contribution is 0.192. The van der Waals surface area contributed by atoms with Crippen LogP contribution in [0.15, 0.2) is 28.7 Å². The van der Waals surface area contributed by atoms with Crippen molar-refractivity contribution in [3.8, 4) is 0 Å². The lowest BCUT2D eigenvalue weighted by atomic mass is 9.98. The zero-order valence-electron chi connectivity index (χ0n) is 11.6. The molecule has 2 aromatic rings. The number of piperidine rings is 1. The van der Waals surface area contributed by atoms with Gasteiger partial charge < -0.3 is 9.32 Å². The normalized spacial score (nSPS) is 21.0. The van der Waals surface area contributed by atoms with E-state index in [0.717, 1.165) is 23.5 Å². The lowest BCUT2D eigenvalue weighted by Crippen LogP contribution is -2.35. The first kappa shape index (κ1) is 12.7. The van der Waals surface area contributed by atoms with Crippen LogP contribution in [0.4, 0.5) is 0 Å². The maximum atomic E-state index is 5.92. The largest absolute Gasteiger partial charge is 0.440 e. The SMILES string of the molecule is CCCCN1CCCC(c2nc3ccccc3o2)C1. The Bertz CT molecular complexity index is 501. The molecule has 1 saturated heterocycles. The minimum atomic E-state index is 0.470. The Balaban J connectivity index is 1.73. The average molecular weight is 258 g/mol. The van der Waals surface area contributed by atoms with Crippen molar-refractivity contribution in [3.05, 3.63) is 30.2 Å². The van der Waals surface area contributed by atoms with Gasteiger partial charge in [0, 0.05) is 12.5 Å². The van der Waals surface area contributed by atoms with Gasteiger partial charge in [0.2, 0.25) is 0 Å². The highest BCUT2D eigenvalue weighted by Crippen LogP contribution is 2.28. The van der Waals surface area contributed by atoms with Crippen molar-refractivity contribution < 1.29 is 4.42 Å². The smallest absolute Gasteiger partial charge is 0.199 e. The van der Waals surface area contributed by atoms with Crippen molar-refractivity contribution in [3.63, 3.8) is 0 Å². The number of aromatic nitrogens is 1. The summed E-state index contributed by atoms with van der Waals surface area (Å²) in [6.45, 7) is 5.80. The number of unbranched alkanes of at least 4 members (excludes halogenated alkanes) is 1. The summed E-state index contributed by atoms with van der Waals surface area (Å²) in [7, 11) is 0. The number of likely N-dealkylation sites (tertiary alicyclic amines) is 1. The summed E-state index contributed by atoms with van der Waals surface area (Å²) in [6, 6.07) is 8.05. The second-order valence-electron chi connectivity index (χ2n) is 5.51. The molecule has 1 atom stereocenters. The molecule has 0 saturated carbocycles. The minimum Gasteiger partial charge on any atom is -0.440 e. The molecular formula is C16H22N2O. The Hall–Kier alpha value is -1.35. The Kier molecular flexibility index (Phi) is 3.83. The summed E-state index contributed by atoms with van der Waals surface area (Å²) in [5.41, 5.74) is 1.91. The van der Waals surface area contributed by atoms with E-state index in [9.17, 15) is 0 Å². The first-order valence-corrected chi connectivity index (χ1v) is 7.44. The fourth-order valence-corrected chi connectivity index (χ4v) is 2.91. The van der Waals surface area contributed by atoms with Gasteiger partial charge in [0.15, 0.2) is 11.5 Å². The van der Waals surface area contributed by atoms with Gasteiger partial charge in [-0.2, -0.15) is 0 Å². The van der Waals surface area contributed by atoms with Gasteiger partial charge in [-0.1, -0.05) is 25.5 Å². The van der Waals surface area contributed by atoms with Crippen molar-refractivity contribution in [1.82, 2.24) is 9.88 Å². The van der Waals surface area contributed by atoms with Crippen molar-refractivity contribution in [2.45, 2.75) is 38.5 Å². The molecule has 1 aliphatic heterocycles. The molecule has 0 radical (unpaired) electrons. The van der Waals surface area contributed by atoms with Crippen molar-refractivity contribution >= 4 is 11.1 Å². The van der Waals surface area contributed by atoms with Crippen molar-refractivity contribution in [2.75, 3.05) is 19.6 Å². The van der Waals surface area contributed by atoms with Crippen molar-refractivity contribution in [1.29, 1.82) is 0 Å². The number of hydrogen-bond acceptors (Lipinski definition) is 3. The van der Waals surface area contributed by atoms with Crippen LogP contribution in [-0.4, -0.2) is 29.5 Å². The van der Waals surface area contributed by atoms with E-state index in [1.807, 2.05) is 24.3 Å². The molecule has 0 amide bonds. The molecule has 0 spiro atoms. The molecule has 0 bridgehead atoms. The number of hydrogen-bond donors (Lipinski definition) is 0. The molecule has 0 aliphatic carbocycles. The minimum absolute atomic E-state index is 0.470. The number of rotatable bonds is 4. The number of fused-ring (bicyclic) bond motifs is 1. The molecule has 1 unspecified atom stereocenters.